The summed E-state index contributed by atoms with van der Waals surface area (Å²) in [7, 11) is 0. The minimum Gasteiger partial charge on any atom is -0.457 e. The van der Waals surface area contributed by atoms with Crippen molar-refractivity contribution in [2.45, 2.75) is 0 Å². The van der Waals surface area contributed by atoms with Crippen LogP contribution < -0.4 is 0 Å². The van der Waals surface area contributed by atoms with Gasteiger partial charge in [0.15, 0.2) is 0 Å². The highest BCUT2D eigenvalue weighted by atomic mass is 19.1. The zero-order valence-electron chi connectivity index (χ0n) is 12.0. The van der Waals surface area contributed by atoms with Crippen molar-refractivity contribution < 1.29 is 18.3 Å². The molecule has 1 saturated heterocycles. The van der Waals surface area contributed by atoms with Crippen LogP contribution in [0.15, 0.2) is 46.9 Å². The van der Waals surface area contributed by atoms with Crippen LogP contribution in [-0.4, -0.2) is 37.1 Å². The van der Waals surface area contributed by atoms with Crippen LogP contribution in [0.2, 0.25) is 0 Å². The Morgan fingerprint density at radius 1 is 1.14 bits per heavy atom. The minimum atomic E-state index is -0.336. The van der Waals surface area contributed by atoms with Crippen molar-refractivity contribution >= 4 is 12.0 Å². The molecule has 0 aliphatic carbocycles. The number of benzene rings is 1. The number of rotatable bonds is 3. The molecule has 0 saturated carbocycles. The van der Waals surface area contributed by atoms with Gasteiger partial charge < -0.3 is 14.1 Å². The van der Waals surface area contributed by atoms with Crippen LogP contribution >= 0.6 is 0 Å². The third-order valence-corrected chi connectivity index (χ3v) is 3.48. The van der Waals surface area contributed by atoms with Crippen LogP contribution in [-0.2, 0) is 9.53 Å². The molecule has 5 heteroatoms. The van der Waals surface area contributed by atoms with Gasteiger partial charge >= 0.3 is 0 Å². The predicted molar refractivity (Wildman–Crippen MR) is 80.5 cm³/mol. The highest BCUT2D eigenvalue weighted by Crippen LogP contribution is 2.25. The summed E-state index contributed by atoms with van der Waals surface area (Å²) in [6.07, 6.45) is 3.07. The van der Waals surface area contributed by atoms with Crippen molar-refractivity contribution in [3.8, 4) is 11.3 Å². The first kappa shape index (κ1) is 14.5. The van der Waals surface area contributed by atoms with E-state index in [-0.39, 0.29) is 11.7 Å². The van der Waals surface area contributed by atoms with Crippen molar-refractivity contribution in [2.24, 2.45) is 0 Å². The summed E-state index contributed by atoms with van der Waals surface area (Å²) in [5.74, 6) is 0.542. The van der Waals surface area contributed by atoms with Gasteiger partial charge in [-0.1, -0.05) is 12.1 Å². The molecule has 0 radical (unpaired) electrons. The SMILES string of the molecule is O=C(/C=C/c1ccc(-c2ccccc2F)o1)N1CCOCC1. The van der Waals surface area contributed by atoms with Gasteiger partial charge in [-0.25, -0.2) is 4.39 Å². The summed E-state index contributed by atoms with van der Waals surface area (Å²) in [6.45, 7) is 2.33. The summed E-state index contributed by atoms with van der Waals surface area (Å²) >= 11 is 0. The van der Waals surface area contributed by atoms with E-state index in [0.29, 0.717) is 43.4 Å². The number of morpholine rings is 1. The molecule has 22 heavy (non-hydrogen) atoms. The number of amides is 1. The maximum atomic E-state index is 13.7. The zero-order valence-corrected chi connectivity index (χ0v) is 12.0. The van der Waals surface area contributed by atoms with Crippen molar-refractivity contribution in [2.75, 3.05) is 26.3 Å². The van der Waals surface area contributed by atoms with Crippen LogP contribution in [0.1, 0.15) is 5.76 Å². The molecule has 2 aromatic rings. The molecule has 1 fully saturated rings. The first-order chi connectivity index (χ1) is 10.7. The first-order valence-corrected chi connectivity index (χ1v) is 7.13. The van der Waals surface area contributed by atoms with E-state index in [0.717, 1.165) is 0 Å². The van der Waals surface area contributed by atoms with Crippen molar-refractivity contribution in [3.05, 3.63) is 54.1 Å². The number of furan rings is 1. The van der Waals surface area contributed by atoms with Gasteiger partial charge in [0.25, 0.3) is 0 Å². The molecule has 1 aliphatic heterocycles. The van der Waals surface area contributed by atoms with Crippen LogP contribution in [0.5, 0.6) is 0 Å². The number of nitrogens with zero attached hydrogens (tertiary/aromatic N) is 1. The highest BCUT2D eigenvalue weighted by Gasteiger charge is 2.14. The summed E-state index contributed by atoms with van der Waals surface area (Å²) in [5, 5.41) is 0. The first-order valence-electron chi connectivity index (χ1n) is 7.13. The van der Waals surface area contributed by atoms with Crippen LogP contribution in [0.25, 0.3) is 17.4 Å². The fraction of sp³-hybridized carbons (Fsp3) is 0.235. The summed E-state index contributed by atoms with van der Waals surface area (Å²) in [5.41, 5.74) is 0.404. The molecule has 0 unspecified atom stereocenters. The fourth-order valence-electron chi connectivity index (χ4n) is 2.29. The topological polar surface area (TPSA) is 42.7 Å². The van der Waals surface area contributed by atoms with E-state index in [9.17, 15) is 9.18 Å². The second kappa shape index (κ2) is 6.58. The van der Waals surface area contributed by atoms with Gasteiger partial charge in [-0.15, -0.1) is 0 Å². The van der Waals surface area contributed by atoms with Gasteiger partial charge in [0.05, 0.1) is 18.8 Å². The molecule has 3 rings (SSSR count). The number of halogens is 1. The number of hydrogen-bond acceptors (Lipinski definition) is 3. The molecule has 1 amide bonds. The lowest BCUT2D eigenvalue weighted by Crippen LogP contribution is -2.39. The third-order valence-electron chi connectivity index (χ3n) is 3.48. The van der Waals surface area contributed by atoms with E-state index in [1.54, 1.807) is 41.3 Å². The Balaban J connectivity index is 1.70. The lowest BCUT2D eigenvalue weighted by Gasteiger charge is -2.25. The average molecular weight is 301 g/mol. The summed E-state index contributed by atoms with van der Waals surface area (Å²) in [4.78, 5) is 13.7. The van der Waals surface area contributed by atoms with Crippen LogP contribution in [0.4, 0.5) is 4.39 Å². The molecule has 0 spiro atoms. The smallest absolute Gasteiger partial charge is 0.246 e. The number of hydrogen-bond donors (Lipinski definition) is 0. The van der Waals surface area contributed by atoms with E-state index >= 15 is 0 Å². The minimum absolute atomic E-state index is 0.0767. The van der Waals surface area contributed by atoms with Crippen LogP contribution in [0, 0.1) is 5.82 Å². The molecule has 0 N–H and O–H groups in total. The molecule has 1 aromatic carbocycles. The van der Waals surface area contributed by atoms with Crippen molar-refractivity contribution in [3.63, 3.8) is 0 Å². The van der Waals surface area contributed by atoms with Crippen LogP contribution in [0.3, 0.4) is 0 Å². The van der Waals surface area contributed by atoms with Gasteiger partial charge in [0, 0.05) is 19.2 Å². The maximum absolute atomic E-state index is 13.7. The molecule has 1 aromatic heterocycles. The van der Waals surface area contributed by atoms with E-state index in [2.05, 4.69) is 0 Å². The summed E-state index contributed by atoms with van der Waals surface area (Å²) < 4.78 is 24.5. The van der Waals surface area contributed by atoms with Gasteiger partial charge in [-0.2, -0.15) is 0 Å². The Bertz CT molecular complexity index is 687. The van der Waals surface area contributed by atoms with Crippen molar-refractivity contribution in [1.82, 2.24) is 4.90 Å². The number of carbonyl (C=O) groups is 1. The Labute approximate surface area is 127 Å². The number of carbonyl (C=O) groups excluding carboxylic acids is 1. The van der Waals surface area contributed by atoms with Gasteiger partial charge in [-0.05, 0) is 30.3 Å². The third kappa shape index (κ3) is 3.26. The maximum Gasteiger partial charge on any atom is 0.246 e. The second-order valence-corrected chi connectivity index (χ2v) is 4.95. The molecule has 114 valence electrons. The lowest BCUT2D eigenvalue weighted by atomic mass is 10.1. The van der Waals surface area contributed by atoms with E-state index < -0.39 is 0 Å². The van der Waals surface area contributed by atoms with E-state index in [1.807, 2.05) is 0 Å². The second-order valence-electron chi connectivity index (χ2n) is 4.95. The van der Waals surface area contributed by atoms with E-state index in [4.69, 9.17) is 9.15 Å². The molecule has 4 nitrogen and oxygen atoms in total. The Kier molecular flexibility index (Phi) is 4.34. The lowest BCUT2D eigenvalue weighted by molar-refractivity contribution is -0.129. The monoisotopic (exact) mass is 301 g/mol. The molecule has 2 heterocycles. The van der Waals surface area contributed by atoms with Gasteiger partial charge in [-0.3, -0.25) is 4.79 Å². The zero-order chi connectivity index (χ0) is 15.4. The Morgan fingerprint density at radius 2 is 1.91 bits per heavy atom. The predicted octanol–water partition coefficient (Wildman–Crippen LogP) is 2.96. The highest BCUT2D eigenvalue weighted by molar-refractivity contribution is 5.91. The number of ether oxygens (including phenoxy) is 1. The molecule has 0 atom stereocenters. The quantitative estimate of drug-likeness (QED) is 0.819. The molecular formula is C17H16FNO3. The Hall–Kier alpha value is -2.40. The summed E-state index contributed by atoms with van der Waals surface area (Å²) in [6, 6.07) is 9.82. The normalized spacial score (nSPS) is 15.4. The van der Waals surface area contributed by atoms with Gasteiger partial charge in [0.2, 0.25) is 5.91 Å². The molecule has 1 aliphatic rings. The Morgan fingerprint density at radius 3 is 2.68 bits per heavy atom. The standard InChI is InChI=1S/C17H16FNO3/c18-15-4-2-1-3-14(15)16-7-5-13(22-16)6-8-17(20)19-9-11-21-12-10-19/h1-8H,9-12H2/b8-6+. The average Bonchev–Trinajstić information content (AvgIpc) is 3.02. The molecule has 0 bridgehead atoms. The van der Waals surface area contributed by atoms with Gasteiger partial charge in [0.1, 0.15) is 17.3 Å². The van der Waals surface area contributed by atoms with E-state index in [1.165, 1.54) is 12.1 Å². The fourth-order valence-corrected chi connectivity index (χ4v) is 2.29. The van der Waals surface area contributed by atoms with Crippen molar-refractivity contribution in [1.29, 1.82) is 0 Å². The largest absolute Gasteiger partial charge is 0.457 e. The molecular weight excluding hydrogens is 285 g/mol.